The molecule has 0 saturated heterocycles. The smallest absolute Gasteiger partial charge is 0.274 e. The first kappa shape index (κ1) is 20.4. The van der Waals surface area contributed by atoms with Crippen molar-refractivity contribution < 1.29 is 9.72 Å². The topological polar surface area (TPSA) is 91.1 Å². The number of hydrogen-bond donors (Lipinski definition) is 1. The number of nitro groups is 1. The highest BCUT2D eigenvalue weighted by molar-refractivity contribution is 5.86. The van der Waals surface area contributed by atoms with E-state index < -0.39 is 4.92 Å². The van der Waals surface area contributed by atoms with Gasteiger partial charge >= 0.3 is 0 Å². The predicted molar refractivity (Wildman–Crippen MR) is 98.5 cm³/mol. The highest BCUT2D eigenvalue weighted by atomic mass is 16.6. The molecule has 0 bridgehead atoms. The van der Waals surface area contributed by atoms with Crippen molar-refractivity contribution in [3.05, 3.63) is 39.9 Å². The summed E-state index contributed by atoms with van der Waals surface area (Å²) in [4.78, 5) is 30.9. The molecular formula is C17H27N5O3. The van der Waals surface area contributed by atoms with E-state index in [0.717, 1.165) is 0 Å². The molecule has 1 aromatic carbocycles. The van der Waals surface area contributed by atoms with Crippen LogP contribution >= 0.6 is 0 Å². The van der Waals surface area contributed by atoms with E-state index in [0.29, 0.717) is 31.2 Å². The third-order valence-corrected chi connectivity index (χ3v) is 3.77. The lowest BCUT2D eigenvalue weighted by atomic mass is 10.2. The number of hydrogen-bond acceptors (Lipinski definition) is 4. The number of likely N-dealkylation sites (N-methyl/N-ethyl adjacent to an activating group) is 2. The van der Waals surface area contributed by atoms with Crippen molar-refractivity contribution in [2.75, 3.05) is 33.2 Å². The van der Waals surface area contributed by atoms with Crippen molar-refractivity contribution in [2.24, 2.45) is 4.99 Å². The van der Waals surface area contributed by atoms with Gasteiger partial charge in [-0.05, 0) is 20.8 Å². The van der Waals surface area contributed by atoms with Crippen molar-refractivity contribution in [2.45, 2.75) is 27.3 Å². The molecule has 138 valence electrons. The number of para-hydroxylation sites is 1. The first-order valence-corrected chi connectivity index (χ1v) is 8.44. The van der Waals surface area contributed by atoms with Crippen molar-refractivity contribution >= 4 is 17.6 Å². The maximum Gasteiger partial charge on any atom is 0.274 e. The summed E-state index contributed by atoms with van der Waals surface area (Å²) in [6, 6.07) is 6.53. The fourth-order valence-electron chi connectivity index (χ4n) is 2.41. The van der Waals surface area contributed by atoms with Crippen LogP contribution in [0.25, 0.3) is 0 Å². The van der Waals surface area contributed by atoms with Crippen LogP contribution in [0.4, 0.5) is 5.69 Å². The van der Waals surface area contributed by atoms with Gasteiger partial charge in [-0.25, -0.2) is 4.99 Å². The monoisotopic (exact) mass is 349 g/mol. The van der Waals surface area contributed by atoms with E-state index in [9.17, 15) is 14.9 Å². The molecule has 0 aliphatic carbocycles. The lowest BCUT2D eigenvalue weighted by Gasteiger charge is -2.25. The summed E-state index contributed by atoms with van der Waals surface area (Å²) >= 11 is 0. The minimum absolute atomic E-state index is 0.0174. The number of carbonyl (C=O) groups is 1. The average Bonchev–Trinajstić information content (AvgIpc) is 2.59. The summed E-state index contributed by atoms with van der Waals surface area (Å²) in [5, 5.41) is 14.2. The molecule has 0 spiro atoms. The van der Waals surface area contributed by atoms with Crippen LogP contribution in [0.1, 0.15) is 26.3 Å². The fraction of sp³-hybridized carbons (Fsp3) is 0.529. The maximum atomic E-state index is 12.3. The standard InChI is InChI=1S/C17H27N5O3/c1-5-18-17(20(4)13-16(23)21(6-2)7-3)19-12-14-10-8-9-11-15(14)22(24)25/h8-11H,5-7,12-13H2,1-4H3,(H,18,19). The molecule has 8 heteroatoms. The van der Waals surface area contributed by atoms with Gasteiger partial charge in [0.25, 0.3) is 5.69 Å². The number of nitro benzene ring substituents is 1. The summed E-state index contributed by atoms with van der Waals surface area (Å²) in [7, 11) is 1.78. The number of aliphatic imine (C=N–C) groups is 1. The van der Waals surface area contributed by atoms with Crippen LogP contribution < -0.4 is 5.32 Å². The van der Waals surface area contributed by atoms with Gasteiger partial charge in [-0.3, -0.25) is 14.9 Å². The van der Waals surface area contributed by atoms with Gasteiger partial charge in [-0.15, -0.1) is 0 Å². The van der Waals surface area contributed by atoms with E-state index in [-0.39, 0.29) is 24.7 Å². The number of guanidine groups is 1. The van der Waals surface area contributed by atoms with Crippen LogP contribution in [0.3, 0.4) is 0 Å². The Morgan fingerprint density at radius 1 is 1.24 bits per heavy atom. The second kappa shape index (κ2) is 10.3. The zero-order valence-corrected chi connectivity index (χ0v) is 15.4. The Hall–Kier alpha value is -2.64. The third-order valence-electron chi connectivity index (χ3n) is 3.77. The molecule has 1 aromatic rings. The summed E-state index contributed by atoms with van der Waals surface area (Å²) in [6.45, 7) is 8.14. The first-order valence-electron chi connectivity index (χ1n) is 8.44. The summed E-state index contributed by atoms with van der Waals surface area (Å²) < 4.78 is 0. The van der Waals surface area contributed by atoms with Crippen LogP contribution in [-0.2, 0) is 11.3 Å². The van der Waals surface area contributed by atoms with E-state index >= 15 is 0 Å². The van der Waals surface area contributed by atoms with Crippen LogP contribution in [0, 0.1) is 10.1 Å². The number of nitrogens with one attached hydrogen (secondary N) is 1. The first-order chi connectivity index (χ1) is 11.9. The molecule has 0 heterocycles. The van der Waals surface area contributed by atoms with Gasteiger partial charge in [-0.1, -0.05) is 18.2 Å². The number of nitrogens with zero attached hydrogens (tertiary/aromatic N) is 4. The molecule has 0 saturated carbocycles. The van der Waals surface area contributed by atoms with Crippen molar-refractivity contribution in [1.82, 2.24) is 15.1 Å². The highest BCUT2D eigenvalue weighted by Gasteiger charge is 2.16. The summed E-state index contributed by atoms with van der Waals surface area (Å²) in [5.74, 6) is 0.560. The fourth-order valence-corrected chi connectivity index (χ4v) is 2.41. The van der Waals surface area contributed by atoms with E-state index in [1.165, 1.54) is 6.07 Å². The van der Waals surface area contributed by atoms with Gasteiger partial charge in [-0.2, -0.15) is 0 Å². The molecule has 0 unspecified atom stereocenters. The molecule has 0 fully saturated rings. The number of rotatable bonds is 8. The van der Waals surface area contributed by atoms with E-state index in [4.69, 9.17) is 0 Å². The normalized spacial score (nSPS) is 11.1. The lowest BCUT2D eigenvalue weighted by molar-refractivity contribution is -0.385. The summed E-state index contributed by atoms with van der Waals surface area (Å²) in [5.41, 5.74) is 0.579. The molecule has 25 heavy (non-hydrogen) atoms. The molecular weight excluding hydrogens is 322 g/mol. The Kier molecular flexibility index (Phi) is 8.38. The third kappa shape index (κ3) is 6.06. The average molecular weight is 349 g/mol. The quantitative estimate of drug-likeness (QED) is 0.335. The van der Waals surface area contributed by atoms with E-state index in [1.807, 2.05) is 20.8 Å². The van der Waals surface area contributed by atoms with Gasteiger partial charge in [0.1, 0.15) is 0 Å². The van der Waals surface area contributed by atoms with Gasteiger partial charge in [0.05, 0.1) is 23.6 Å². The van der Waals surface area contributed by atoms with Crippen molar-refractivity contribution in [3.8, 4) is 0 Å². The molecule has 0 aliphatic heterocycles. The van der Waals surface area contributed by atoms with Gasteiger partial charge in [0.15, 0.2) is 5.96 Å². The number of amides is 1. The van der Waals surface area contributed by atoms with Gasteiger partial charge in [0, 0.05) is 32.7 Å². The molecule has 0 atom stereocenters. The van der Waals surface area contributed by atoms with Gasteiger partial charge < -0.3 is 15.1 Å². The van der Waals surface area contributed by atoms with Crippen LogP contribution in [-0.4, -0.2) is 59.8 Å². The molecule has 0 aromatic heterocycles. The molecule has 8 nitrogen and oxygen atoms in total. The number of benzene rings is 1. The lowest BCUT2D eigenvalue weighted by Crippen LogP contribution is -2.45. The molecule has 0 aliphatic rings. The second-order valence-corrected chi connectivity index (χ2v) is 5.48. The zero-order chi connectivity index (χ0) is 18.8. The van der Waals surface area contributed by atoms with Gasteiger partial charge in [0.2, 0.25) is 5.91 Å². The maximum absolute atomic E-state index is 12.3. The van der Waals surface area contributed by atoms with Crippen LogP contribution in [0.5, 0.6) is 0 Å². The Bertz CT molecular complexity index is 614. The molecule has 1 amide bonds. The Morgan fingerprint density at radius 3 is 2.44 bits per heavy atom. The number of carbonyl (C=O) groups excluding carboxylic acids is 1. The van der Waals surface area contributed by atoms with E-state index in [2.05, 4.69) is 10.3 Å². The van der Waals surface area contributed by atoms with Crippen LogP contribution in [0.2, 0.25) is 0 Å². The SMILES string of the molecule is CCNC(=NCc1ccccc1[N+](=O)[O-])N(C)CC(=O)N(CC)CC. The Balaban J connectivity index is 2.90. The summed E-state index contributed by atoms with van der Waals surface area (Å²) in [6.07, 6.45) is 0. The van der Waals surface area contributed by atoms with E-state index in [1.54, 1.807) is 35.0 Å². The molecule has 1 rings (SSSR count). The van der Waals surface area contributed by atoms with Crippen molar-refractivity contribution in [3.63, 3.8) is 0 Å². The largest absolute Gasteiger partial charge is 0.357 e. The zero-order valence-electron chi connectivity index (χ0n) is 15.4. The predicted octanol–water partition coefficient (Wildman–Crippen LogP) is 1.86. The molecule has 0 radical (unpaired) electrons. The minimum atomic E-state index is -0.411. The Labute approximate surface area is 148 Å². The Morgan fingerprint density at radius 2 is 1.88 bits per heavy atom. The second-order valence-electron chi connectivity index (χ2n) is 5.48. The van der Waals surface area contributed by atoms with Crippen molar-refractivity contribution in [1.29, 1.82) is 0 Å². The molecule has 1 N–H and O–H groups in total. The minimum Gasteiger partial charge on any atom is -0.357 e. The van der Waals surface area contributed by atoms with Crippen LogP contribution in [0.15, 0.2) is 29.3 Å². The highest BCUT2D eigenvalue weighted by Crippen LogP contribution is 2.18.